The molecular weight excluding hydrogens is 260 g/mol. The molecule has 0 atom stereocenters. The van der Waals surface area contributed by atoms with Crippen LogP contribution in [0.25, 0.3) is 10.8 Å². The first-order valence-corrected chi connectivity index (χ1v) is 6.19. The highest BCUT2D eigenvalue weighted by atomic mass is 35.5. The van der Waals surface area contributed by atoms with Crippen LogP contribution in [0, 0.1) is 0 Å². The molecule has 0 unspecified atom stereocenters. The van der Waals surface area contributed by atoms with E-state index >= 15 is 0 Å². The number of halogens is 1. The van der Waals surface area contributed by atoms with Gasteiger partial charge >= 0.3 is 0 Å². The van der Waals surface area contributed by atoms with E-state index in [4.69, 9.17) is 0 Å². The Balaban J connectivity index is 0.00000180. The summed E-state index contributed by atoms with van der Waals surface area (Å²) in [6, 6.07) is 14.4. The number of amides is 1. The summed E-state index contributed by atoms with van der Waals surface area (Å²) in [7, 11) is 1.85. The number of carbonyl (C=O) groups is 1. The molecule has 0 fully saturated rings. The number of nitrogens with one attached hydrogen (secondary N) is 2. The minimum absolute atomic E-state index is 0. The highest BCUT2D eigenvalue weighted by Gasteiger charge is 2.03. The number of hydrogen-bond donors (Lipinski definition) is 2. The number of carbonyl (C=O) groups excluding carboxylic acids is 1. The molecule has 0 heterocycles. The molecule has 0 aliphatic rings. The Kier molecular flexibility index (Phi) is 6.33. The monoisotopic (exact) mass is 278 g/mol. The molecule has 0 saturated heterocycles. The zero-order chi connectivity index (χ0) is 12.8. The van der Waals surface area contributed by atoms with Crippen molar-refractivity contribution in [1.29, 1.82) is 0 Å². The molecule has 3 nitrogen and oxygen atoms in total. The van der Waals surface area contributed by atoms with Crippen LogP contribution in [-0.4, -0.2) is 19.5 Å². The summed E-state index contributed by atoms with van der Waals surface area (Å²) < 4.78 is 0. The summed E-state index contributed by atoms with van der Waals surface area (Å²) in [6.07, 6.45) is 0.515. The van der Waals surface area contributed by atoms with Crippen molar-refractivity contribution in [1.82, 2.24) is 10.6 Å². The van der Waals surface area contributed by atoms with Crippen molar-refractivity contribution in [3.8, 4) is 0 Å². The smallest absolute Gasteiger partial charge is 0.221 e. The highest BCUT2D eigenvalue weighted by molar-refractivity contribution is 5.86. The summed E-state index contributed by atoms with van der Waals surface area (Å²) in [6.45, 7) is 1.30. The lowest BCUT2D eigenvalue weighted by Gasteiger charge is -2.08. The Morgan fingerprint density at radius 2 is 1.84 bits per heavy atom. The molecular formula is C15H19ClN2O. The van der Waals surface area contributed by atoms with Gasteiger partial charge in [-0.15, -0.1) is 12.4 Å². The Morgan fingerprint density at radius 1 is 1.11 bits per heavy atom. The van der Waals surface area contributed by atoms with Crippen molar-refractivity contribution in [3.63, 3.8) is 0 Å². The average Bonchev–Trinajstić information content (AvgIpc) is 2.42. The largest absolute Gasteiger partial charge is 0.352 e. The number of fused-ring (bicyclic) bond motifs is 1. The standard InChI is InChI=1S/C15H18N2O.ClH/c1-16-10-9-15(18)17-11-13-7-4-6-12-5-2-3-8-14(12)13;/h2-8,16H,9-11H2,1H3,(H,17,18);1H. The van der Waals surface area contributed by atoms with Crippen LogP contribution in [0.2, 0.25) is 0 Å². The van der Waals surface area contributed by atoms with Gasteiger partial charge in [0, 0.05) is 19.5 Å². The fourth-order valence-electron chi connectivity index (χ4n) is 1.97. The molecule has 0 aliphatic carbocycles. The van der Waals surface area contributed by atoms with E-state index in [-0.39, 0.29) is 18.3 Å². The highest BCUT2D eigenvalue weighted by Crippen LogP contribution is 2.18. The summed E-state index contributed by atoms with van der Waals surface area (Å²) in [5.74, 6) is 0.0808. The van der Waals surface area contributed by atoms with Gasteiger partial charge in [0.05, 0.1) is 0 Å². The van der Waals surface area contributed by atoms with E-state index in [1.54, 1.807) is 0 Å². The third kappa shape index (κ3) is 4.23. The van der Waals surface area contributed by atoms with Gasteiger partial charge in [0.1, 0.15) is 0 Å². The third-order valence-electron chi connectivity index (χ3n) is 2.96. The van der Waals surface area contributed by atoms with E-state index in [0.29, 0.717) is 19.5 Å². The molecule has 2 aromatic rings. The summed E-state index contributed by atoms with van der Waals surface area (Å²) in [4.78, 5) is 11.6. The minimum atomic E-state index is 0. The second kappa shape index (κ2) is 7.77. The van der Waals surface area contributed by atoms with Crippen LogP contribution in [0.5, 0.6) is 0 Å². The molecule has 2 aromatic carbocycles. The van der Waals surface area contributed by atoms with Crippen molar-refractivity contribution in [2.75, 3.05) is 13.6 Å². The van der Waals surface area contributed by atoms with E-state index < -0.39 is 0 Å². The van der Waals surface area contributed by atoms with Gasteiger partial charge in [-0.1, -0.05) is 42.5 Å². The van der Waals surface area contributed by atoms with Crippen LogP contribution in [0.15, 0.2) is 42.5 Å². The van der Waals surface area contributed by atoms with Gasteiger partial charge in [-0.25, -0.2) is 0 Å². The van der Waals surface area contributed by atoms with Crippen LogP contribution in [-0.2, 0) is 11.3 Å². The van der Waals surface area contributed by atoms with E-state index in [1.807, 2.05) is 25.2 Å². The maximum atomic E-state index is 11.6. The molecule has 4 heteroatoms. The molecule has 2 N–H and O–H groups in total. The molecule has 2 rings (SSSR count). The lowest BCUT2D eigenvalue weighted by molar-refractivity contribution is -0.121. The molecule has 0 aromatic heterocycles. The second-order valence-corrected chi connectivity index (χ2v) is 4.27. The molecule has 102 valence electrons. The Hall–Kier alpha value is -1.58. The SMILES string of the molecule is CNCCC(=O)NCc1cccc2ccccc12.Cl. The van der Waals surface area contributed by atoms with Gasteiger partial charge in [-0.2, -0.15) is 0 Å². The lowest BCUT2D eigenvalue weighted by Crippen LogP contribution is -2.26. The summed E-state index contributed by atoms with van der Waals surface area (Å²) >= 11 is 0. The molecule has 0 spiro atoms. The van der Waals surface area contributed by atoms with Crippen LogP contribution in [0.1, 0.15) is 12.0 Å². The fraction of sp³-hybridized carbons (Fsp3) is 0.267. The number of benzene rings is 2. The molecule has 0 radical (unpaired) electrons. The van der Waals surface area contributed by atoms with Crippen LogP contribution in [0.4, 0.5) is 0 Å². The lowest BCUT2D eigenvalue weighted by atomic mass is 10.0. The van der Waals surface area contributed by atoms with Gasteiger partial charge in [-0.3, -0.25) is 4.79 Å². The van der Waals surface area contributed by atoms with Gasteiger partial charge in [0.15, 0.2) is 0 Å². The van der Waals surface area contributed by atoms with Crippen molar-refractivity contribution < 1.29 is 4.79 Å². The predicted octanol–water partition coefficient (Wildman–Crippen LogP) is 2.49. The Morgan fingerprint density at radius 3 is 2.63 bits per heavy atom. The Bertz CT molecular complexity index is 537. The van der Waals surface area contributed by atoms with Gasteiger partial charge in [-0.05, 0) is 23.4 Å². The van der Waals surface area contributed by atoms with Crippen molar-refractivity contribution in [2.45, 2.75) is 13.0 Å². The van der Waals surface area contributed by atoms with Gasteiger partial charge < -0.3 is 10.6 Å². The first-order chi connectivity index (χ1) is 8.81. The van der Waals surface area contributed by atoms with Crippen molar-refractivity contribution in [2.24, 2.45) is 0 Å². The van der Waals surface area contributed by atoms with Crippen LogP contribution < -0.4 is 10.6 Å². The third-order valence-corrected chi connectivity index (χ3v) is 2.96. The predicted molar refractivity (Wildman–Crippen MR) is 81.6 cm³/mol. The number of hydrogen-bond acceptors (Lipinski definition) is 2. The maximum absolute atomic E-state index is 11.6. The zero-order valence-electron chi connectivity index (χ0n) is 11.0. The first-order valence-electron chi connectivity index (χ1n) is 6.19. The van der Waals surface area contributed by atoms with E-state index in [1.165, 1.54) is 10.8 Å². The van der Waals surface area contributed by atoms with E-state index in [9.17, 15) is 4.79 Å². The van der Waals surface area contributed by atoms with Gasteiger partial charge in [0.2, 0.25) is 5.91 Å². The van der Waals surface area contributed by atoms with Crippen molar-refractivity contribution in [3.05, 3.63) is 48.0 Å². The maximum Gasteiger partial charge on any atom is 0.221 e. The van der Waals surface area contributed by atoms with Crippen LogP contribution >= 0.6 is 12.4 Å². The fourth-order valence-corrected chi connectivity index (χ4v) is 1.97. The first kappa shape index (κ1) is 15.5. The topological polar surface area (TPSA) is 41.1 Å². The van der Waals surface area contributed by atoms with Gasteiger partial charge in [0.25, 0.3) is 0 Å². The van der Waals surface area contributed by atoms with Crippen molar-refractivity contribution >= 4 is 29.1 Å². The summed E-state index contributed by atoms with van der Waals surface area (Å²) in [5, 5.41) is 8.32. The van der Waals surface area contributed by atoms with Crippen LogP contribution in [0.3, 0.4) is 0 Å². The minimum Gasteiger partial charge on any atom is -0.352 e. The molecule has 19 heavy (non-hydrogen) atoms. The second-order valence-electron chi connectivity index (χ2n) is 4.27. The molecule has 1 amide bonds. The van der Waals surface area contributed by atoms with E-state index in [0.717, 1.165) is 5.56 Å². The number of rotatable bonds is 5. The van der Waals surface area contributed by atoms with E-state index in [2.05, 4.69) is 34.9 Å². The average molecular weight is 279 g/mol. The zero-order valence-corrected chi connectivity index (χ0v) is 11.8. The molecule has 0 saturated carbocycles. The quantitative estimate of drug-likeness (QED) is 0.882. The summed E-state index contributed by atoms with van der Waals surface area (Å²) in [5.41, 5.74) is 1.16. The Labute approximate surface area is 119 Å². The molecule has 0 aliphatic heterocycles. The normalized spacial score (nSPS) is 9.95. The molecule has 0 bridgehead atoms.